The molecule has 0 radical (unpaired) electrons. The number of nitrogens with one attached hydrogen (secondary N) is 1. The molecule has 1 N–H and O–H groups in total. The number of benzene rings is 1. The molecule has 0 bridgehead atoms. The molecule has 128 valence electrons. The largest absolute Gasteiger partial charge is 0.466 e. The summed E-state index contributed by atoms with van der Waals surface area (Å²) in [4.78, 5) is 26.4. The van der Waals surface area contributed by atoms with Gasteiger partial charge in [0.25, 0.3) is 5.91 Å². The molecule has 0 aliphatic carbocycles. The summed E-state index contributed by atoms with van der Waals surface area (Å²) in [6.45, 7) is 7.62. The van der Waals surface area contributed by atoms with Crippen molar-refractivity contribution in [2.24, 2.45) is 0 Å². The number of nitrogens with zero attached hydrogens (tertiary/aromatic N) is 1. The number of carbonyl (C=O) groups is 2. The third-order valence-corrected chi connectivity index (χ3v) is 3.98. The van der Waals surface area contributed by atoms with Gasteiger partial charge in [-0.1, -0.05) is 17.7 Å². The van der Waals surface area contributed by atoms with E-state index < -0.39 is 0 Å². The zero-order chi connectivity index (χ0) is 17.9. The van der Waals surface area contributed by atoms with Gasteiger partial charge in [-0.15, -0.1) is 0 Å². The highest BCUT2D eigenvalue weighted by Gasteiger charge is 2.21. The molecule has 2 amide bonds. The van der Waals surface area contributed by atoms with E-state index in [4.69, 9.17) is 16.0 Å². The molecule has 1 aromatic heterocycles. The van der Waals surface area contributed by atoms with Gasteiger partial charge in [-0.25, -0.2) is 0 Å². The average molecular weight is 349 g/mol. The molecule has 1 aromatic carbocycles. The van der Waals surface area contributed by atoms with E-state index in [-0.39, 0.29) is 18.4 Å². The van der Waals surface area contributed by atoms with Crippen LogP contribution in [0, 0.1) is 20.8 Å². The first-order chi connectivity index (χ1) is 11.3. The van der Waals surface area contributed by atoms with Crippen LogP contribution in [0.4, 0.5) is 5.69 Å². The van der Waals surface area contributed by atoms with Gasteiger partial charge in [0.1, 0.15) is 18.1 Å². The first kappa shape index (κ1) is 18.1. The van der Waals surface area contributed by atoms with Gasteiger partial charge in [-0.05, 0) is 51.5 Å². The molecule has 2 rings (SSSR count). The molecule has 6 heteroatoms. The number of hydrogen-bond acceptors (Lipinski definition) is 3. The van der Waals surface area contributed by atoms with Crippen molar-refractivity contribution >= 4 is 29.1 Å². The first-order valence-corrected chi connectivity index (χ1v) is 8.12. The van der Waals surface area contributed by atoms with Crippen LogP contribution >= 0.6 is 11.6 Å². The predicted octanol–water partition coefficient (Wildman–Crippen LogP) is 3.96. The Hall–Kier alpha value is -2.27. The van der Waals surface area contributed by atoms with E-state index in [9.17, 15) is 9.59 Å². The van der Waals surface area contributed by atoms with E-state index in [0.29, 0.717) is 34.3 Å². The molecule has 5 nitrogen and oxygen atoms in total. The molecule has 0 unspecified atom stereocenters. The molecular weight excluding hydrogens is 328 g/mol. The summed E-state index contributed by atoms with van der Waals surface area (Å²) in [7, 11) is 0. The van der Waals surface area contributed by atoms with Gasteiger partial charge < -0.3 is 14.6 Å². The number of hydrogen-bond donors (Lipinski definition) is 1. The molecule has 0 fully saturated rings. The fraction of sp³-hybridized carbons (Fsp3) is 0.333. The van der Waals surface area contributed by atoms with Gasteiger partial charge >= 0.3 is 0 Å². The molecule has 0 aliphatic heterocycles. The number of likely N-dealkylation sites (N-methyl/N-ethyl adjacent to an activating group) is 1. The predicted molar refractivity (Wildman–Crippen MR) is 94.6 cm³/mol. The maximum atomic E-state index is 12.6. The topological polar surface area (TPSA) is 62.6 Å². The molecular formula is C18H21ClN2O3. The lowest BCUT2D eigenvalue weighted by molar-refractivity contribution is -0.116. The zero-order valence-corrected chi connectivity index (χ0v) is 15.0. The monoisotopic (exact) mass is 348 g/mol. The third-order valence-electron chi connectivity index (χ3n) is 3.75. The Morgan fingerprint density at radius 1 is 1.21 bits per heavy atom. The Balaban J connectivity index is 2.09. The highest BCUT2D eigenvalue weighted by molar-refractivity contribution is 6.31. The van der Waals surface area contributed by atoms with Gasteiger partial charge in [0, 0.05) is 17.3 Å². The third kappa shape index (κ3) is 4.17. The minimum atomic E-state index is -0.270. The number of amides is 2. The zero-order valence-electron chi connectivity index (χ0n) is 14.3. The summed E-state index contributed by atoms with van der Waals surface area (Å²) in [5.74, 6) is 0.742. The summed E-state index contributed by atoms with van der Waals surface area (Å²) in [6.07, 6.45) is 0. The van der Waals surface area contributed by atoms with Crippen molar-refractivity contribution in [2.75, 3.05) is 18.4 Å². The van der Waals surface area contributed by atoms with E-state index >= 15 is 0 Å². The maximum Gasteiger partial charge on any atom is 0.257 e. The fourth-order valence-corrected chi connectivity index (χ4v) is 2.60. The number of halogens is 1. The minimum Gasteiger partial charge on any atom is -0.466 e. The molecule has 1 heterocycles. The highest BCUT2D eigenvalue weighted by Crippen LogP contribution is 2.20. The van der Waals surface area contributed by atoms with Crippen LogP contribution in [0.25, 0.3) is 0 Å². The Labute approximate surface area is 146 Å². The highest BCUT2D eigenvalue weighted by atomic mass is 35.5. The van der Waals surface area contributed by atoms with Crippen molar-refractivity contribution in [3.05, 3.63) is 51.9 Å². The number of furan rings is 1. The summed E-state index contributed by atoms with van der Waals surface area (Å²) in [6, 6.07) is 6.98. The summed E-state index contributed by atoms with van der Waals surface area (Å²) in [5.41, 5.74) is 2.04. The maximum absolute atomic E-state index is 12.6. The summed E-state index contributed by atoms with van der Waals surface area (Å²) >= 11 is 5.96. The Kier molecular flexibility index (Phi) is 5.67. The number of anilines is 1. The lowest BCUT2D eigenvalue weighted by Crippen LogP contribution is -2.38. The van der Waals surface area contributed by atoms with Gasteiger partial charge in [0.15, 0.2) is 0 Å². The van der Waals surface area contributed by atoms with Crippen LogP contribution in [-0.4, -0.2) is 29.8 Å². The molecule has 2 aromatic rings. The average Bonchev–Trinajstić information content (AvgIpc) is 2.86. The minimum absolute atomic E-state index is 0.0368. The van der Waals surface area contributed by atoms with Crippen LogP contribution in [-0.2, 0) is 4.79 Å². The molecule has 0 saturated carbocycles. The van der Waals surface area contributed by atoms with E-state index in [1.807, 2.05) is 19.9 Å². The summed E-state index contributed by atoms with van der Waals surface area (Å²) in [5, 5.41) is 3.35. The molecule has 0 saturated heterocycles. The lowest BCUT2D eigenvalue weighted by atomic mass is 10.2. The Morgan fingerprint density at radius 3 is 2.50 bits per heavy atom. The molecule has 0 spiro atoms. The van der Waals surface area contributed by atoms with Crippen molar-refractivity contribution < 1.29 is 14.0 Å². The van der Waals surface area contributed by atoms with Crippen molar-refractivity contribution in [1.82, 2.24) is 4.90 Å². The Morgan fingerprint density at radius 2 is 1.92 bits per heavy atom. The van der Waals surface area contributed by atoms with Crippen molar-refractivity contribution in [3.8, 4) is 0 Å². The van der Waals surface area contributed by atoms with Crippen molar-refractivity contribution in [3.63, 3.8) is 0 Å². The van der Waals surface area contributed by atoms with Gasteiger partial charge in [-0.2, -0.15) is 0 Å². The summed E-state index contributed by atoms with van der Waals surface area (Å²) < 4.78 is 5.40. The quantitative estimate of drug-likeness (QED) is 0.889. The van der Waals surface area contributed by atoms with E-state index in [1.165, 1.54) is 4.90 Å². The van der Waals surface area contributed by atoms with Crippen LogP contribution in [0.3, 0.4) is 0 Å². The second-order valence-electron chi connectivity index (χ2n) is 5.65. The van der Waals surface area contributed by atoms with Crippen LogP contribution in [0.15, 0.2) is 28.7 Å². The second-order valence-corrected chi connectivity index (χ2v) is 6.09. The Bertz CT molecular complexity index is 768. The standard InChI is InChI=1S/C18H21ClN2O3/c1-5-21(18(23)15-8-12(3)24-13(15)4)10-17(22)20-16-9-14(19)7-6-11(16)2/h6-9H,5,10H2,1-4H3,(H,20,22). The second kappa shape index (κ2) is 7.53. The van der Waals surface area contributed by atoms with Gasteiger partial charge in [0.2, 0.25) is 5.91 Å². The van der Waals surface area contributed by atoms with Crippen molar-refractivity contribution in [1.29, 1.82) is 0 Å². The van der Waals surface area contributed by atoms with Gasteiger partial charge in [0.05, 0.1) is 5.56 Å². The first-order valence-electron chi connectivity index (χ1n) is 7.74. The van der Waals surface area contributed by atoms with E-state index in [0.717, 1.165) is 5.56 Å². The van der Waals surface area contributed by atoms with Crippen LogP contribution < -0.4 is 5.32 Å². The van der Waals surface area contributed by atoms with Crippen molar-refractivity contribution in [2.45, 2.75) is 27.7 Å². The molecule has 24 heavy (non-hydrogen) atoms. The number of rotatable bonds is 5. The van der Waals surface area contributed by atoms with E-state index in [2.05, 4.69) is 5.32 Å². The smallest absolute Gasteiger partial charge is 0.257 e. The fourth-order valence-electron chi connectivity index (χ4n) is 2.43. The number of carbonyl (C=O) groups excluding carboxylic acids is 2. The molecule has 0 aliphatic rings. The number of aryl methyl sites for hydroxylation is 3. The molecule has 0 atom stereocenters. The van der Waals surface area contributed by atoms with Gasteiger partial charge in [-0.3, -0.25) is 9.59 Å². The SMILES string of the molecule is CCN(CC(=O)Nc1cc(Cl)ccc1C)C(=O)c1cc(C)oc1C. The van der Waals surface area contributed by atoms with Crippen LogP contribution in [0.2, 0.25) is 5.02 Å². The van der Waals surface area contributed by atoms with Crippen LogP contribution in [0.5, 0.6) is 0 Å². The lowest BCUT2D eigenvalue weighted by Gasteiger charge is -2.20. The van der Waals surface area contributed by atoms with Crippen LogP contribution in [0.1, 0.15) is 34.4 Å². The van der Waals surface area contributed by atoms with E-state index in [1.54, 1.807) is 32.0 Å². The normalized spacial score (nSPS) is 10.5.